The topological polar surface area (TPSA) is 78.9 Å². The van der Waals surface area contributed by atoms with Crippen LogP contribution in [0, 0.1) is 5.92 Å². The molecule has 0 bridgehead atoms. The lowest BCUT2D eigenvalue weighted by Gasteiger charge is -2.11. The molecule has 0 fully saturated rings. The van der Waals surface area contributed by atoms with E-state index in [0.717, 1.165) is 4.57 Å². The lowest BCUT2D eigenvalue weighted by atomic mass is 10.1. The van der Waals surface area contributed by atoms with Crippen LogP contribution in [0.15, 0.2) is 28.6 Å². The van der Waals surface area contributed by atoms with Crippen LogP contribution in [0.1, 0.15) is 13.8 Å². The molecule has 0 saturated heterocycles. The van der Waals surface area contributed by atoms with E-state index in [0.29, 0.717) is 17.7 Å². The Morgan fingerprint density at radius 1 is 1.48 bits per heavy atom. The second kappa shape index (κ2) is 5.51. The molecule has 0 amide bonds. The summed E-state index contributed by atoms with van der Waals surface area (Å²) in [5, 5.41) is 0. The lowest BCUT2D eigenvalue weighted by Crippen LogP contribution is -2.39. The lowest BCUT2D eigenvalue weighted by molar-refractivity contribution is -0.120. The quantitative estimate of drug-likeness (QED) is 0.742. The molecule has 0 aromatic carbocycles. The average molecular weight is 290 g/mol. The summed E-state index contributed by atoms with van der Waals surface area (Å²) in [4.78, 5) is 40.1. The molecule has 7 nitrogen and oxygen atoms in total. The van der Waals surface area contributed by atoms with Crippen molar-refractivity contribution in [3.63, 3.8) is 0 Å². The summed E-state index contributed by atoms with van der Waals surface area (Å²) < 4.78 is 4.06. The van der Waals surface area contributed by atoms with Gasteiger partial charge in [-0.3, -0.25) is 18.7 Å². The van der Waals surface area contributed by atoms with E-state index in [4.69, 9.17) is 0 Å². The average Bonchev–Trinajstić information content (AvgIpc) is 2.85. The molecule has 0 spiro atoms. The molecule has 0 radical (unpaired) electrons. The molecular formula is C14H18N4O3. The number of carbonyl (C=O) groups is 1. The molecule has 21 heavy (non-hydrogen) atoms. The number of aromatic nitrogens is 4. The Kier molecular flexibility index (Phi) is 3.93. The number of carbonyl (C=O) groups excluding carboxylic acids is 1. The van der Waals surface area contributed by atoms with Crippen molar-refractivity contribution in [1.29, 1.82) is 0 Å². The predicted molar refractivity (Wildman–Crippen MR) is 79.3 cm³/mol. The van der Waals surface area contributed by atoms with E-state index in [9.17, 15) is 14.4 Å². The van der Waals surface area contributed by atoms with Gasteiger partial charge in [-0.15, -0.1) is 6.58 Å². The molecule has 1 atom stereocenters. The van der Waals surface area contributed by atoms with Gasteiger partial charge < -0.3 is 4.57 Å². The standard InChI is InChI=1S/C14H18N4O3/c1-5-6-18-13(20)11-12(16(4)14(18)21)15-8-17(11)7-9(2)10(3)19/h5,8-9H,1,6-7H2,2-4H3. The van der Waals surface area contributed by atoms with Crippen LogP contribution in [0.4, 0.5) is 0 Å². The van der Waals surface area contributed by atoms with Gasteiger partial charge in [-0.2, -0.15) is 0 Å². The summed E-state index contributed by atoms with van der Waals surface area (Å²) in [6.45, 7) is 7.34. The number of ketones is 1. The molecule has 2 heterocycles. The first-order valence-corrected chi connectivity index (χ1v) is 6.64. The molecular weight excluding hydrogens is 272 g/mol. The van der Waals surface area contributed by atoms with Crippen molar-refractivity contribution in [1.82, 2.24) is 18.7 Å². The number of nitrogens with zero attached hydrogens (tertiary/aromatic N) is 4. The molecule has 2 aromatic rings. The van der Waals surface area contributed by atoms with Gasteiger partial charge in [-0.1, -0.05) is 13.0 Å². The minimum atomic E-state index is -0.433. The van der Waals surface area contributed by atoms with Crippen molar-refractivity contribution in [3.05, 3.63) is 39.8 Å². The van der Waals surface area contributed by atoms with Gasteiger partial charge in [0.1, 0.15) is 5.78 Å². The number of imidazole rings is 1. The van der Waals surface area contributed by atoms with Gasteiger partial charge in [-0.25, -0.2) is 9.78 Å². The number of fused-ring (bicyclic) bond motifs is 1. The third-order valence-corrected chi connectivity index (χ3v) is 3.58. The number of hydrogen-bond donors (Lipinski definition) is 0. The Morgan fingerprint density at radius 3 is 2.71 bits per heavy atom. The fraction of sp³-hybridized carbons (Fsp3) is 0.429. The predicted octanol–water partition coefficient (Wildman–Crippen LogP) is 0.308. The largest absolute Gasteiger partial charge is 0.332 e. The van der Waals surface area contributed by atoms with E-state index < -0.39 is 11.2 Å². The maximum atomic E-state index is 12.5. The molecule has 0 saturated carbocycles. The molecule has 0 aliphatic carbocycles. The third kappa shape index (κ3) is 2.46. The molecule has 0 N–H and O–H groups in total. The minimum Gasteiger partial charge on any atom is -0.324 e. The van der Waals surface area contributed by atoms with Gasteiger partial charge in [-0.05, 0) is 6.92 Å². The Balaban J connectivity index is 2.72. The zero-order valence-corrected chi connectivity index (χ0v) is 12.4. The smallest absolute Gasteiger partial charge is 0.324 e. The van der Waals surface area contributed by atoms with Crippen molar-refractivity contribution >= 4 is 16.9 Å². The zero-order valence-electron chi connectivity index (χ0n) is 12.4. The van der Waals surface area contributed by atoms with E-state index in [1.165, 1.54) is 23.9 Å². The van der Waals surface area contributed by atoms with Gasteiger partial charge in [0.25, 0.3) is 5.56 Å². The third-order valence-electron chi connectivity index (χ3n) is 3.58. The fourth-order valence-corrected chi connectivity index (χ4v) is 2.17. The van der Waals surface area contributed by atoms with Crippen LogP contribution in [-0.2, 0) is 24.9 Å². The maximum absolute atomic E-state index is 12.5. The molecule has 112 valence electrons. The second-order valence-electron chi connectivity index (χ2n) is 5.13. The van der Waals surface area contributed by atoms with Gasteiger partial charge >= 0.3 is 5.69 Å². The zero-order chi connectivity index (χ0) is 15.7. The van der Waals surface area contributed by atoms with E-state index >= 15 is 0 Å². The molecule has 7 heteroatoms. The maximum Gasteiger partial charge on any atom is 0.332 e. The summed E-state index contributed by atoms with van der Waals surface area (Å²) in [7, 11) is 1.56. The van der Waals surface area contributed by atoms with Gasteiger partial charge in [0.15, 0.2) is 11.2 Å². The van der Waals surface area contributed by atoms with Crippen molar-refractivity contribution in [2.75, 3.05) is 0 Å². The summed E-state index contributed by atoms with van der Waals surface area (Å²) >= 11 is 0. The number of hydrogen-bond acceptors (Lipinski definition) is 4. The highest BCUT2D eigenvalue weighted by atomic mass is 16.2. The molecule has 0 aliphatic rings. The Labute approximate surface area is 121 Å². The van der Waals surface area contributed by atoms with Crippen molar-refractivity contribution in [2.24, 2.45) is 13.0 Å². The minimum absolute atomic E-state index is 0.0353. The number of rotatable bonds is 5. The van der Waals surface area contributed by atoms with Gasteiger partial charge in [0.2, 0.25) is 0 Å². The van der Waals surface area contributed by atoms with Crippen LogP contribution in [-0.4, -0.2) is 24.5 Å². The fourth-order valence-electron chi connectivity index (χ4n) is 2.17. The normalized spacial score (nSPS) is 12.5. The van der Waals surface area contributed by atoms with Crippen molar-refractivity contribution < 1.29 is 4.79 Å². The SMILES string of the molecule is C=CCn1c(=O)c2c(ncn2CC(C)C(C)=O)n(C)c1=O. The van der Waals surface area contributed by atoms with Crippen molar-refractivity contribution in [3.8, 4) is 0 Å². The van der Waals surface area contributed by atoms with Gasteiger partial charge in [0, 0.05) is 26.1 Å². The summed E-state index contributed by atoms with van der Waals surface area (Å²) in [6.07, 6.45) is 2.98. The molecule has 2 rings (SSSR count). The van der Waals surface area contributed by atoms with Crippen LogP contribution < -0.4 is 11.2 Å². The number of Topliss-reactive ketones (excluding diaryl/α,β-unsaturated/α-hetero) is 1. The highest BCUT2D eigenvalue weighted by Crippen LogP contribution is 2.09. The molecule has 2 aromatic heterocycles. The van der Waals surface area contributed by atoms with Crippen LogP contribution >= 0.6 is 0 Å². The first-order valence-electron chi connectivity index (χ1n) is 6.64. The molecule has 1 unspecified atom stereocenters. The summed E-state index contributed by atoms with van der Waals surface area (Å²) in [5.74, 6) is -0.194. The van der Waals surface area contributed by atoms with Crippen LogP contribution in [0.5, 0.6) is 0 Å². The van der Waals surface area contributed by atoms with E-state index in [2.05, 4.69) is 11.6 Å². The Hall–Kier alpha value is -2.44. The van der Waals surface area contributed by atoms with Crippen LogP contribution in [0.3, 0.4) is 0 Å². The van der Waals surface area contributed by atoms with Crippen molar-refractivity contribution in [2.45, 2.75) is 26.9 Å². The number of aryl methyl sites for hydroxylation is 1. The highest BCUT2D eigenvalue weighted by Gasteiger charge is 2.17. The highest BCUT2D eigenvalue weighted by molar-refractivity contribution is 5.78. The van der Waals surface area contributed by atoms with Crippen LogP contribution in [0.25, 0.3) is 11.2 Å². The Bertz CT molecular complexity index is 825. The number of allylic oxidation sites excluding steroid dienone is 1. The van der Waals surface area contributed by atoms with Crippen LogP contribution in [0.2, 0.25) is 0 Å². The van der Waals surface area contributed by atoms with E-state index in [-0.39, 0.29) is 18.2 Å². The van der Waals surface area contributed by atoms with E-state index in [1.807, 2.05) is 0 Å². The Morgan fingerprint density at radius 2 is 2.14 bits per heavy atom. The summed E-state index contributed by atoms with van der Waals surface area (Å²) in [5.41, 5.74) is -0.202. The summed E-state index contributed by atoms with van der Waals surface area (Å²) in [6, 6.07) is 0. The first kappa shape index (κ1) is 15.0. The molecule has 0 aliphatic heterocycles. The van der Waals surface area contributed by atoms with E-state index in [1.54, 1.807) is 18.5 Å². The monoisotopic (exact) mass is 290 g/mol. The first-order chi connectivity index (χ1) is 9.88. The second-order valence-corrected chi connectivity index (χ2v) is 5.13. The van der Waals surface area contributed by atoms with Gasteiger partial charge in [0.05, 0.1) is 6.33 Å².